The lowest BCUT2D eigenvalue weighted by Crippen LogP contribution is -2.28. The molecular formula is C23H26Cl2N6O2. The largest absolute Gasteiger partial charge is 0.495 e. The Bertz CT molecular complexity index is 1170. The maximum absolute atomic E-state index is 6.70. The number of anilines is 2. The second-order valence-corrected chi connectivity index (χ2v) is 7.67. The summed E-state index contributed by atoms with van der Waals surface area (Å²) in [6.07, 6.45) is 5.37. The number of likely N-dealkylation sites (N-methyl/N-ethyl adjacent to an activating group) is 1. The maximum atomic E-state index is 6.70. The van der Waals surface area contributed by atoms with Gasteiger partial charge in [-0.1, -0.05) is 29.3 Å². The molecule has 174 valence electrons. The highest BCUT2D eigenvalue weighted by molar-refractivity contribution is 6.41. The van der Waals surface area contributed by atoms with Gasteiger partial charge in [0.2, 0.25) is 0 Å². The van der Waals surface area contributed by atoms with Crippen LogP contribution in [-0.4, -0.2) is 62.6 Å². The molecule has 3 rings (SSSR count). The Hall–Kier alpha value is -2.94. The fourth-order valence-electron chi connectivity index (χ4n) is 3.28. The number of allylic oxidation sites excluding steroid dienone is 2. The van der Waals surface area contributed by atoms with Crippen molar-refractivity contribution in [2.75, 3.05) is 46.3 Å². The van der Waals surface area contributed by atoms with Crippen LogP contribution in [0.1, 0.15) is 12.6 Å². The van der Waals surface area contributed by atoms with E-state index >= 15 is 0 Å². The highest BCUT2D eigenvalue weighted by Gasteiger charge is 2.24. The number of aromatic nitrogens is 3. The van der Waals surface area contributed by atoms with E-state index in [-0.39, 0.29) is 0 Å². The molecule has 2 aromatic heterocycles. The van der Waals surface area contributed by atoms with E-state index < -0.39 is 0 Å². The van der Waals surface area contributed by atoms with Gasteiger partial charge in [-0.25, -0.2) is 9.97 Å². The van der Waals surface area contributed by atoms with Gasteiger partial charge in [-0.05, 0) is 26.1 Å². The minimum atomic E-state index is 0.358. The van der Waals surface area contributed by atoms with Crippen LogP contribution in [0.2, 0.25) is 10.0 Å². The number of halogens is 2. The zero-order valence-corrected chi connectivity index (χ0v) is 20.7. The molecule has 0 unspecified atom stereocenters. The summed E-state index contributed by atoms with van der Waals surface area (Å²) in [5.74, 6) is 1.50. The summed E-state index contributed by atoms with van der Waals surface area (Å²) >= 11 is 13.4. The average Bonchev–Trinajstić information content (AvgIpc) is 2.84. The van der Waals surface area contributed by atoms with Crippen molar-refractivity contribution >= 4 is 57.7 Å². The van der Waals surface area contributed by atoms with Crippen LogP contribution in [0.5, 0.6) is 11.5 Å². The maximum Gasteiger partial charge on any atom is 0.180 e. The molecule has 0 aliphatic rings. The van der Waals surface area contributed by atoms with E-state index in [0.717, 1.165) is 5.57 Å². The van der Waals surface area contributed by atoms with E-state index in [0.29, 0.717) is 63.0 Å². The lowest BCUT2D eigenvalue weighted by Gasteiger charge is -2.27. The summed E-state index contributed by atoms with van der Waals surface area (Å²) in [5, 5.41) is 3.86. The van der Waals surface area contributed by atoms with Crippen molar-refractivity contribution in [3.63, 3.8) is 0 Å². The molecule has 8 nitrogen and oxygen atoms in total. The summed E-state index contributed by atoms with van der Waals surface area (Å²) in [6.45, 7) is 3.10. The summed E-state index contributed by atoms with van der Waals surface area (Å²) < 4.78 is 10.9. The third-order valence-electron chi connectivity index (χ3n) is 4.95. The monoisotopic (exact) mass is 488 g/mol. The molecule has 0 amide bonds. The van der Waals surface area contributed by atoms with Crippen molar-refractivity contribution in [3.8, 4) is 11.5 Å². The number of pyridine rings is 1. The predicted molar refractivity (Wildman–Crippen MR) is 136 cm³/mol. The first kappa shape index (κ1) is 24.7. The van der Waals surface area contributed by atoms with Gasteiger partial charge in [0, 0.05) is 38.0 Å². The highest BCUT2D eigenvalue weighted by atomic mass is 35.5. The van der Waals surface area contributed by atoms with Crippen LogP contribution in [0.15, 0.2) is 35.5 Å². The zero-order chi connectivity index (χ0) is 24.0. The van der Waals surface area contributed by atoms with E-state index in [1.807, 2.05) is 37.1 Å². The predicted octanol–water partition coefficient (Wildman–Crippen LogP) is 4.81. The first-order chi connectivity index (χ1) is 16.0. The van der Waals surface area contributed by atoms with Gasteiger partial charge in [-0.2, -0.15) is 0 Å². The molecule has 1 N–H and O–H groups in total. The quantitative estimate of drug-likeness (QED) is 0.432. The summed E-state index contributed by atoms with van der Waals surface area (Å²) in [6, 6.07) is 5.38. The molecule has 33 heavy (non-hydrogen) atoms. The SMILES string of the molecule is C/C=C(\C=N/C)c1cnc2ccc(N(CCNC)c3c(Cl)c(OC)cc(OC)c3Cl)nc2n1. The summed E-state index contributed by atoms with van der Waals surface area (Å²) in [7, 11) is 6.66. The van der Waals surface area contributed by atoms with Gasteiger partial charge in [-0.3, -0.25) is 9.98 Å². The number of hydrogen-bond acceptors (Lipinski definition) is 8. The number of nitrogens with one attached hydrogen (secondary N) is 1. The van der Waals surface area contributed by atoms with Gasteiger partial charge in [0.05, 0.1) is 31.8 Å². The third kappa shape index (κ3) is 5.19. The highest BCUT2D eigenvalue weighted by Crippen LogP contribution is 2.47. The van der Waals surface area contributed by atoms with Crippen LogP contribution in [-0.2, 0) is 0 Å². The van der Waals surface area contributed by atoms with E-state index in [2.05, 4.69) is 15.3 Å². The van der Waals surface area contributed by atoms with Crippen molar-refractivity contribution in [1.82, 2.24) is 20.3 Å². The van der Waals surface area contributed by atoms with Crippen LogP contribution in [0, 0.1) is 0 Å². The molecule has 0 spiro atoms. The van der Waals surface area contributed by atoms with Crippen molar-refractivity contribution < 1.29 is 9.47 Å². The molecule has 0 fully saturated rings. The van der Waals surface area contributed by atoms with Crippen LogP contribution in [0.3, 0.4) is 0 Å². The molecule has 0 atom stereocenters. The number of ether oxygens (including phenoxy) is 2. The van der Waals surface area contributed by atoms with Crippen molar-refractivity contribution in [1.29, 1.82) is 0 Å². The van der Waals surface area contributed by atoms with Crippen molar-refractivity contribution in [2.45, 2.75) is 6.92 Å². The summed E-state index contributed by atoms with van der Waals surface area (Å²) in [5.41, 5.74) is 3.23. The van der Waals surface area contributed by atoms with E-state index in [1.165, 1.54) is 0 Å². The van der Waals surface area contributed by atoms with Crippen molar-refractivity contribution in [2.24, 2.45) is 4.99 Å². The molecule has 10 heteroatoms. The summed E-state index contributed by atoms with van der Waals surface area (Å²) in [4.78, 5) is 20.0. The number of benzene rings is 1. The molecule has 1 aromatic carbocycles. The van der Waals surface area contributed by atoms with Crippen LogP contribution < -0.4 is 19.7 Å². The number of hydrogen-bond donors (Lipinski definition) is 1. The number of rotatable bonds is 9. The minimum absolute atomic E-state index is 0.358. The molecule has 0 aliphatic heterocycles. The van der Waals surface area contributed by atoms with Gasteiger partial charge < -0.3 is 19.7 Å². The smallest absolute Gasteiger partial charge is 0.180 e. The van der Waals surface area contributed by atoms with E-state index in [9.17, 15) is 0 Å². The van der Waals surface area contributed by atoms with E-state index in [1.54, 1.807) is 39.7 Å². The van der Waals surface area contributed by atoms with Gasteiger partial charge in [-0.15, -0.1) is 0 Å². The first-order valence-corrected chi connectivity index (χ1v) is 11.0. The van der Waals surface area contributed by atoms with E-state index in [4.69, 9.17) is 42.6 Å². The fourth-order valence-corrected chi connectivity index (χ4v) is 3.98. The van der Waals surface area contributed by atoms with Crippen LogP contribution >= 0.6 is 23.2 Å². The topological polar surface area (TPSA) is 84.8 Å². The molecule has 0 saturated carbocycles. The molecular weight excluding hydrogens is 463 g/mol. The normalized spacial score (nSPS) is 11.9. The van der Waals surface area contributed by atoms with Gasteiger partial charge in [0.1, 0.15) is 32.9 Å². The lowest BCUT2D eigenvalue weighted by molar-refractivity contribution is 0.395. The van der Waals surface area contributed by atoms with Crippen LogP contribution in [0.4, 0.5) is 11.5 Å². The number of methoxy groups -OCH3 is 2. The molecule has 2 heterocycles. The molecule has 0 saturated heterocycles. The second kappa shape index (κ2) is 11.3. The molecule has 3 aromatic rings. The van der Waals surface area contributed by atoms with Gasteiger partial charge in [0.25, 0.3) is 0 Å². The molecule has 0 radical (unpaired) electrons. The number of fused-ring (bicyclic) bond motifs is 1. The number of nitrogens with zero attached hydrogens (tertiary/aromatic N) is 5. The Balaban J connectivity index is 2.20. The van der Waals surface area contributed by atoms with Crippen molar-refractivity contribution in [3.05, 3.63) is 46.2 Å². The minimum Gasteiger partial charge on any atom is -0.495 e. The Kier molecular flexibility index (Phi) is 8.43. The fraction of sp³-hybridized carbons (Fsp3) is 0.304. The Morgan fingerprint density at radius 1 is 1.15 bits per heavy atom. The van der Waals surface area contributed by atoms with Crippen LogP contribution in [0.25, 0.3) is 16.7 Å². The standard InChI is InChI=1S/C23H26Cl2N6O2/c1-6-14(12-27-3)16-13-28-15-7-8-19(30-23(15)29-16)31(10-9-26-2)22-20(24)17(32-4)11-18(33-5)21(22)25/h6-8,11-13,26H,9-10H2,1-5H3/b14-6+,27-12-. The van der Waals surface area contributed by atoms with Gasteiger partial charge >= 0.3 is 0 Å². The Labute approximate surface area is 203 Å². The van der Waals surface area contributed by atoms with Gasteiger partial charge in [0.15, 0.2) is 5.65 Å². The second-order valence-electron chi connectivity index (χ2n) is 6.91. The third-order valence-corrected chi connectivity index (χ3v) is 5.68. The lowest BCUT2D eigenvalue weighted by atomic mass is 10.2. The average molecular weight is 489 g/mol. The molecule has 0 aliphatic carbocycles. The Morgan fingerprint density at radius 2 is 1.85 bits per heavy atom. The first-order valence-electron chi connectivity index (χ1n) is 10.2. The molecule has 0 bridgehead atoms. The number of aliphatic imine (C=N–C) groups is 1. The Morgan fingerprint density at radius 3 is 2.42 bits per heavy atom. The zero-order valence-electron chi connectivity index (χ0n) is 19.2.